The number of aromatic carboxylic acids is 1. The van der Waals surface area contributed by atoms with Crippen LogP contribution >= 0.6 is 12.6 Å². The van der Waals surface area contributed by atoms with E-state index < -0.39 is 17.8 Å². The lowest BCUT2D eigenvalue weighted by Gasteiger charge is -2.09. The van der Waals surface area contributed by atoms with Crippen LogP contribution in [0.25, 0.3) is 0 Å². The average Bonchev–Trinajstić information content (AvgIpc) is 2.36. The van der Waals surface area contributed by atoms with Crippen LogP contribution in [0.2, 0.25) is 0 Å². The zero-order valence-electron chi connectivity index (χ0n) is 9.93. The fourth-order valence-corrected chi connectivity index (χ4v) is 1.40. The minimum Gasteiger partial charge on any atom is -0.545 e. The quantitative estimate of drug-likeness (QED) is 0.447. The van der Waals surface area contributed by atoms with Gasteiger partial charge in [-0.15, -0.1) is 0 Å². The Morgan fingerprint density at radius 2 is 2.05 bits per heavy atom. The molecule has 0 unspecified atom stereocenters. The molecule has 0 heterocycles. The first-order valence-electron chi connectivity index (χ1n) is 5.44. The van der Waals surface area contributed by atoms with E-state index in [1.165, 1.54) is 12.1 Å². The molecule has 1 aromatic carbocycles. The summed E-state index contributed by atoms with van der Waals surface area (Å²) in [6.07, 6.45) is 0.192. The van der Waals surface area contributed by atoms with Crippen molar-refractivity contribution in [1.82, 2.24) is 0 Å². The Hall–Kier alpha value is -1.76. The summed E-state index contributed by atoms with van der Waals surface area (Å²) < 4.78 is 23.2. The summed E-state index contributed by atoms with van der Waals surface area (Å²) in [5.74, 6) is -2.42. The van der Waals surface area contributed by atoms with E-state index in [-0.39, 0.29) is 30.9 Å². The molecule has 0 aliphatic carbocycles. The zero-order valence-corrected chi connectivity index (χ0v) is 10.8. The monoisotopic (exact) mass is 287 g/mol. The Bertz CT molecular complexity index is 463. The molecule has 0 fully saturated rings. The maximum absolute atomic E-state index is 13.4. The van der Waals surface area contributed by atoms with Gasteiger partial charge in [0.2, 0.25) is 0 Å². The van der Waals surface area contributed by atoms with Crippen molar-refractivity contribution in [2.24, 2.45) is 0 Å². The predicted octanol–water partition coefficient (Wildman–Crippen LogP) is 0.431. The largest absolute Gasteiger partial charge is 0.545 e. The van der Waals surface area contributed by atoms with E-state index >= 15 is 0 Å². The summed E-state index contributed by atoms with van der Waals surface area (Å²) in [7, 11) is 0. The molecule has 0 N–H and O–H groups in total. The third-order valence-electron chi connectivity index (χ3n) is 2.09. The normalized spacial score (nSPS) is 10.0. The molecule has 0 amide bonds. The molecule has 0 atom stereocenters. The van der Waals surface area contributed by atoms with Crippen molar-refractivity contribution in [3.05, 3.63) is 29.6 Å². The van der Waals surface area contributed by atoms with Crippen molar-refractivity contribution in [3.63, 3.8) is 0 Å². The van der Waals surface area contributed by atoms with Crippen molar-refractivity contribution in [1.29, 1.82) is 0 Å². The van der Waals surface area contributed by atoms with Crippen LogP contribution in [0.15, 0.2) is 18.2 Å². The summed E-state index contributed by atoms with van der Waals surface area (Å²) in [6, 6.07) is 3.15. The smallest absolute Gasteiger partial charge is 0.306 e. The van der Waals surface area contributed by atoms with E-state index in [0.717, 1.165) is 6.07 Å². The average molecular weight is 287 g/mol. The van der Waals surface area contributed by atoms with Crippen LogP contribution < -0.4 is 9.84 Å². The summed E-state index contributed by atoms with van der Waals surface area (Å²) in [6.45, 7) is -0.0474. The van der Waals surface area contributed by atoms with Gasteiger partial charge in [-0.1, -0.05) is 0 Å². The van der Waals surface area contributed by atoms with E-state index in [0.29, 0.717) is 5.75 Å². The summed E-state index contributed by atoms with van der Waals surface area (Å²) in [5, 5.41) is 10.5. The lowest BCUT2D eigenvalue weighted by Crippen LogP contribution is -2.22. The fourth-order valence-electron chi connectivity index (χ4n) is 1.22. The standard InChI is InChI=1S/C12H13FO5S/c13-9-7-8(12(15)16)1-2-10(9)17-4-5-18-11(14)3-6-19/h1-2,7,19H,3-6H2,(H,15,16)/p-1. The lowest BCUT2D eigenvalue weighted by atomic mass is 10.2. The second kappa shape index (κ2) is 7.63. The first-order valence-corrected chi connectivity index (χ1v) is 6.08. The van der Waals surface area contributed by atoms with E-state index in [1.807, 2.05) is 0 Å². The first kappa shape index (κ1) is 15.3. The Kier molecular flexibility index (Phi) is 6.14. The van der Waals surface area contributed by atoms with Gasteiger partial charge in [-0.2, -0.15) is 12.6 Å². The van der Waals surface area contributed by atoms with Gasteiger partial charge in [0.1, 0.15) is 13.2 Å². The van der Waals surface area contributed by atoms with Crippen LogP contribution in [0.3, 0.4) is 0 Å². The zero-order chi connectivity index (χ0) is 14.3. The molecule has 19 heavy (non-hydrogen) atoms. The minimum atomic E-state index is -1.47. The van der Waals surface area contributed by atoms with Gasteiger partial charge >= 0.3 is 5.97 Å². The minimum absolute atomic E-state index is 0.0196. The Labute approximate surface area is 114 Å². The topological polar surface area (TPSA) is 75.7 Å². The van der Waals surface area contributed by atoms with Crippen molar-refractivity contribution in [3.8, 4) is 5.75 Å². The third kappa shape index (κ3) is 5.17. The fraction of sp³-hybridized carbons (Fsp3) is 0.333. The van der Waals surface area contributed by atoms with Crippen molar-refractivity contribution >= 4 is 24.6 Å². The number of rotatable bonds is 7. The van der Waals surface area contributed by atoms with Gasteiger partial charge in [0, 0.05) is 11.3 Å². The van der Waals surface area contributed by atoms with Crippen molar-refractivity contribution in [2.45, 2.75) is 6.42 Å². The van der Waals surface area contributed by atoms with Gasteiger partial charge < -0.3 is 19.4 Å². The molecule has 0 spiro atoms. The third-order valence-corrected chi connectivity index (χ3v) is 2.31. The summed E-state index contributed by atoms with van der Waals surface area (Å²) >= 11 is 3.87. The van der Waals surface area contributed by atoms with Gasteiger partial charge in [-0.25, -0.2) is 4.39 Å². The Morgan fingerprint density at radius 1 is 1.32 bits per heavy atom. The molecule has 1 rings (SSSR count). The predicted molar refractivity (Wildman–Crippen MR) is 65.7 cm³/mol. The number of carboxylic acids is 1. The maximum atomic E-state index is 13.4. The number of carboxylic acid groups (broad SMARTS) is 1. The number of hydrogen-bond acceptors (Lipinski definition) is 6. The molecule has 104 valence electrons. The van der Waals surface area contributed by atoms with Gasteiger partial charge in [0.05, 0.1) is 12.4 Å². The highest BCUT2D eigenvalue weighted by molar-refractivity contribution is 7.80. The number of esters is 1. The molecule has 1 aromatic rings. The SMILES string of the molecule is O=C(CCS)OCCOc1ccc(C(=O)[O-])cc1F. The first-order chi connectivity index (χ1) is 9.04. The molecular formula is C12H12FO5S-. The van der Waals surface area contributed by atoms with Crippen LogP contribution in [0.5, 0.6) is 5.75 Å². The number of halogens is 1. The summed E-state index contributed by atoms with van der Waals surface area (Å²) in [4.78, 5) is 21.4. The number of benzene rings is 1. The van der Waals surface area contributed by atoms with Crippen molar-refractivity contribution < 1.29 is 28.6 Å². The molecular weight excluding hydrogens is 275 g/mol. The highest BCUT2D eigenvalue weighted by Crippen LogP contribution is 2.17. The molecule has 5 nitrogen and oxygen atoms in total. The van der Waals surface area contributed by atoms with Crippen molar-refractivity contribution in [2.75, 3.05) is 19.0 Å². The van der Waals surface area contributed by atoms with Crippen LogP contribution in [0.4, 0.5) is 4.39 Å². The molecule has 0 saturated heterocycles. The Morgan fingerprint density at radius 3 is 2.63 bits per heavy atom. The van der Waals surface area contributed by atoms with Crippen LogP contribution in [-0.4, -0.2) is 30.9 Å². The van der Waals surface area contributed by atoms with E-state index in [1.54, 1.807) is 0 Å². The molecule has 0 aromatic heterocycles. The number of carbonyl (C=O) groups excluding carboxylic acids is 2. The molecule has 0 radical (unpaired) electrons. The van der Waals surface area contributed by atoms with Crippen LogP contribution in [0, 0.1) is 5.82 Å². The van der Waals surface area contributed by atoms with Gasteiger partial charge in [0.15, 0.2) is 11.6 Å². The number of hydrogen-bond donors (Lipinski definition) is 1. The molecule has 0 aliphatic heterocycles. The highest BCUT2D eigenvalue weighted by Gasteiger charge is 2.06. The second-order valence-electron chi connectivity index (χ2n) is 3.48. The van der Waals surface area contributed by atoms with Gasteiger partial charge in [0.25, 0.3) is 0 Å². The van der Waals surface area contributed by atoms with E-state index in [9.17, 15) is 19.1 Å². The number of ether oxygens (including phenoxy) is 2. The van der Waals surface area contributed by atoms with Gasteiger partial charge in [-0.3, -0.25) is 4.79 Å². The number of carbonyl (C=O) groups is 2. The molecule has 7 heteroatoms. The summed E-state index contributed by atoms with van der Waals surface area (Å²) in [5.41, 5.74) is -0.273. The lowest BCUT2D eigenvalue weighted by molar-refractivity contribution is -0.255. The molecule has 0 saturated carbocycles. The second-order valence-corrected chi connectivity index (χ2v) is 3.92. The van der Waals surface area contributed by atoms with E-state index in [4.69, 9.17) is 9.47 Å². The molecule has 0 aliphatic rings. The van der Waals surface area contributed by atoms with Gasteiger partial charge in [-0.05, 0) is 18.2 Å². The van der Waals surface area contributed by atoms with Crippen LogP contribution in [-0.2, 0) is 9.53 Å². The van der Waals surface area contributed by atoms with E-state index in [2.05, 4.69) is 12.6 Å². The Balaban J connectivity index is 2.41. The number of thiol groups is 1. The van der Waals surface area contributed by atoms with Crippen LogP contribution in [0.1, 0.15) is 16.8 Å². The molecule has 0 bridgehead atoms. The highest BCUT2D eigenvalue weighted by atomic mass is 32.1. The maximum Gasteiger partial charge on any atom is 0.306 e.